The summed E-state index contributed by atoms with van der Waals surface area (Å²) in [4.78, 5) is 24.3. The van der Waals surface area contributed by atoms with Gasteiger partial charge in [0.15, 0.2) is 0 Å². The van der Waals surface area contributed by atoms with E-state index in [0.717, 1.165) is 22.9 Å². The number of methoxy groups -OCH3 is 1. The molecule has 0 aliphatic carbocycles. The van der Waals surface area contributed by atoms with Gasteiger partial charge in [-0.15, -0.1) is 0 Å². The minimum Gasteiger partial charge on any atom is -0.465 e. The smallest absolute Gasteiger partial charge is 0.339 e. The van der Waals surface area contributed by atoms with Crippen molar-refractivity contribution in [2.24, 2.45) is 0 Å². The number of hydrogen-bond donors (Lipinski definition) is 0. The van der Waals surface area contributed by atoms with Crippen LogP contribution in [-0.2, 0) is 14.3 Å². The monoisotopic (exact) mass is 356 g/mol. The van der Waals surface area contributed by atoms with Gasteiger partial charge in [-0.3, -0.25) is 4.79 Å². The molecule has 5 heteroatoms. The molecule has 2 aromatic carbocycles. The summed E-state index contributed by atoms with van der Waals surface area (Å²) in [7, 11) is 1.32. The van der Waals surface area contributed by atoms with Crippen LogP contribution in [0.2, 0.25) is 0 Å². The second-order valence-corrected chi connectivity index (χ2v) is 6.33. The molecule has 0 fully saturated rings. The summed E-state index contributed by atoms with van der Waals surface area (Å²) < 4.78 is 10.1. The molecule has 0 saturated carbocycles. The van der Waals surface area contributed by atoms with Gasteiger partial charge in [-0.25, -0.2) is 4.79 Å². The molecule has 0 radical (unpaired) electrons. The summed E-state index contributed by atoms with van der Waals surface area (Å²) in [6.45, 7) is 2.33. The summed E-state index contributed by atoms with van der Waals surface area (Å²) in [6.07, 6.45) is 1.94. The van der Waals surface area contributed by atoms with Gasteiger partial charge < -0.3 is 9.47 Å². The highest BCUT2D eigenvalue weighted by Crippen LogP contribution is 2.24. The Bertz CT molecular complexity index is 753. The fourth-order valence-electron chi connectivity index (χ4n) is 2.13. The van der Waals surface area contributed by atoms with Crippen LogP contribution in [0, 0.1) is 0 Å². The van der Waals surface area contributed by atoms with E-state index in [-0.39, 0.29) is 11.7 Å². The summed E-state index contributed by atoms with van der Waals surface area (Å²) in [5.74, 6) is -0.460. The predicted octanol–water partition coefficient (Wildman–Crippen LogP) is 4.21. The Morgan fingerprint density at radius 1 is 1.04 bits per heavy atom. The lowest BCUT2D eigenvalue weighted by Gasteiger charge is -2.07. The van der Waals surface area contributed by atoms with Crippen molar-refractivity contribution in [2.75, 3.05) is 20.3 Å². The highest BCUT2D eigenvalue weighted by Gasteiger charge is 2.14. The molecule has 2 aromatic rings. The zero-order valence-corrected chi connectivity index (χ0v) is 15.0. The van der Waals surface area contributed by atoms with E-state index in [1.165, 1.54) is 7.11 Å². The van der Waals surface area contributed by atoms with E-state index >= 15 is 0 Å². The van der Waals surface area contributed by atoms with E-state index < -0.39 is 5.97 Å². The van der Waals surface area contributed by atoms with E-state index in [0.29, 0.717) is 17.1 Å². The second-order valence-electron chi connectivity index (χ2n) is 5.23. The standard InChI is InChI=1S/C20H20O4S/c1-15(16-8-4-3-5-9-16)12-13-24-14-19(21)25-18-11-7-6-10-17(18)20(22)23-2/h3-12H,13-14H2,1-2H3/b15-12+. The van der Waals surface area contributed by atoms with Crippen LogP contribution in [0.5, 0.6) is 0 Å². The summed E-state index contributed by atoms with van der Waals surface area (Å²) in [5, 5.41) is -0.165. The van der Waals surface area contributed by atoms with Crippen molar-refractivity contribution in [3.8, 4) is 0 Å². The Labute approximate surface area is 151 Å². The number of rotatable bonds is 7. The van der Waals surface area contributed by atoms with Crippen molar-refractivity contribution < 1.29 is 19.1 Å². The Kier molecular flexibility index (Phi) is 7.44. The van der Waals surface area contributed by atoms with Crippen LogP contribution in [0.25, 0.3) is 5.57 Å². The van der Waals surface area contributed by atoms with Crippen LogP contribution in [0.3, 0.4) is 0 Å². The Balaban J connectivity index is 1.85. The first-order valence-corrected chi connectivity index (χ1v) is 8.61. The van der Waals surface area contributed by atoms with Gasteiger partial charge in [0, 0.05) is 4.90 Å². The minimum absolute atomic E-state index is 0.0290. The summed E-state index contributed by atoms with van der Waals surface area (Å²) in [6, 6.07) is 16.8. The number of hydrogen-bond acceptors (Lipinski definition) is 5. The predicted molar refractivity (Wildman–Crippen MR) is 99.6 cm³/mol. The lowest BCUT2D eigenvalue weighted by atomic mass is 10.1. The minimum atomic E-state index is -0.460. The van der Waals surface area contributed by atoms with Gasteiger partial charge in [0.1, 0.15) is 6.61 Å². The third-order valence-electron chi connectivity index (χ3n) is 3.47. The summed E-state index contributed by atoms with van der Waals surface area (Å²) in [5.41, 5.74) is 2.60. The maximum absolute atomic E-state index is 12.1. The summed E-state index contributed by atoms with van der Waals surface area (Å²) >= 11 is 0.984. The number of ether oxygens (including phenoxy) is 2. The van der Waals surface area contributed by atoms with Crippen molar-refractivity contribution in [3.05, 3.63) is 71.8 Å². The molecular weight excluding hydrogens is 336 g/mol. The molecule has 0 aliphatic rings. The van der Waals surface area contributed by atoms with E-state index in [4.69, 9.17) is 9.47 Å². The van der Waals surface area contributed by atoms with Gasteiger partial charge in [0.2, 0.25) is 5.12 Å². The van der Waals surface area contributed by atoms with Gasteiger partial charge >= 0.3 is 5.97 Å². The van der Waals surface area contributed by atoms with Crippen LogP contribution in [-0.4, -0.2) is 31.4 Å². The van der Waals surface area contributed by atoms with Gasteiger partial charge in [-0.2, -0.15) is 0 Å². The van der Waals surface area contributed by atoms with Crippen molar-refractivity contribution in [1.29, 1.82) is 0 Å². The normalized spacial score (nSPS) is 11.2. The van der Waals surface area contributed by atoms with Gasteiger partial charge in [-0.1, -0.05) is 48.5 Å². The Hall–Kier alpha value is -2.37. The number of carbonyl (C=O) groups excluding carboxylic acids is 2. The maximum atomic E-state index is 12.1. The Morgan fingerprint density at radius 2 is 1.72 bits per heavy atom. The van der Waals surface area contributed by atoms with Crippen molar-refractivity contribution >= 4 is 28.4 Å². The van der Waals surface area contributed by atoms with Crippen molar-refractivity contribution in [1.82, 2.24) is 0 Å². The number of benzene rings is 2. The zero-order valence-electron chi connectivity index (χ0n) is 14.2. The first kappa shape index (κ1) is 19.0. The van der Waals surface area contributed by atoms with E-state index in [1.807, 2.05) is 43.3 Å². The molecule has 0 amide bonds. The van der Waals surface area contributed by atoms with Crippen LogP contribution in [0.1, 0.15) is 22.8 Å². The molecule has 130 valence electrons. The molecule has 4 nitrogen and oxygen atoms in total. The highest BCUT2D eigenvalue weighted by molar-refractivity contribution is 8.13. The van der Waals surface area contributed by atoms with Crippen LogP contribution < -0.4 is 0 Å². The highest BCUT2D eigenvalue weighted by atomic mass is 32.2. The van der Waals surface area contributed by atoms with E-state index in [1.54, 1.807) is 24.3 Å². The number of allylic oxidation sites excluding steroid dienone is 1. The van der Waals surface area contributed by atoms with Crippen molar-refractivity contribution in [3.63, 3.8) is 0 Å². The average Bonchev–Trinajstić information content (AvgIpc) is 2.65. The fraction of sp³-hybridized carbons (Fsp3) is 0.200. The molecule has 25 heavy (non-hydrogen) atoms. The number of carbonyl (C=O) groups is 2. The van der Waals surface area contributed by atoms with Gasteiger partial charge in [0.05, 0.1) is 19.3 Å². The molecule has 0 aliphatic heterocycles. The third-order valence-corrected chi connectivity index (χ3v) is 4.39. The second kappa shape index (κ2) is 9.81. The molecule has 0 aromatic heterocycles. The van der Waals surface area contributed by atoms with Gasteiger partial charge in [0.25, 0.3) is 0 Å². The molecule has 0 heterocycles. The molecule has 0 bridgehead atoms. The average molecular weight is 356 g/mol. The maximum Gasteiger partial charge on any atom is 0.339 e. The van der Waals surface area contributed by atoms with Crippen LogP contribution >= 0.6 is 11.8 Å². The Morgan fingerprint density at radius 3 is 2.44 bits per heavy atom. The SMILES string of the molecule is COC(=O)c1ccccc1SC(=O)COC/C=C(\C)c1ccccc1. The topological polar surface area (TPSA) is 52.6 Å². The van der Waals surface area contributed by atoms with Crippen LogP contribution in [0.4, 0.5) is 0 Å². The fourth-order valence-corrected chi connectivity index (χ4v) is 2.93. The molecule has 0 unspecified atom stereocenters. The van der Waals surface area contributed by atoms with E-state index in [2.05, 4.69) is 0 Å². The van der Waals surface area contributed by atoms with Crippen molar-refractivity contribution in [2.45, 2.75) is 11.8 Å². The van der Waals surface area contributed by atoms with E-state index in [9.17, 15) is 9.59 Å². The lowest BCUT2D eigenvalue weighted by molar-refractivity contribution is -0.114. The molecule has 0 N–H and O–H groups in total. The molecule has 2 rings (SSSR count). The molecule has 0 spiro atoms. The molecule has 0 saturated heterocycles. The lowest BCUT2D eigenvalue weighted by Crippen LogP contribution is -2.07. The largest absolute Gasteiger partial charge is 0.465 e. The first-order chi connectivity index (χ1) is 12.1. The third kappa shape index (κ3) is 5.89. The zero-order chi connectivity index (χ0) is 18.1. The quantitative estimate of drug-likeness (QED) is 0.422. The number of esters is 1. The number of thioether (sulfide) groups is 1. The van der Waals surface area contributed by atoms with Crippen LogP contribution in [0.15, 0.2) is 65.6 Å². The molecular formula is C20H20O4S. The van der Waals surface area contributed by atoms with Gasteiger partial charge in [-0.05, 0) is 42.0 Å². The first-order valence-electron chi connectivity index (χ1n) is 7.79. The molecule has 0 atom stereocenters.